The molecule has 5 atom stereocenters. The van der Waals surface area contributed by atoms with Gasteiger partial charge in [-0.3, -0.25) is 14.4 Å². The van der Waals surface area contributed by atoms with Crippen molar-refractivity contribution in [3.63, 3.8) is 0 Å². The number of halogens is 1. The summed E-state index contributed by atoms with van der Waals surface area (Å²) in [5.41, 5.74) is 1.20. The van der Waals surface area contributed by atoms with Gasteiger partial charge in [0.1, 0.15) is 24.9 Å². The van der Waals surface area contributed by atoms with Gasteiger partial charge in [0.05, 0.1) is 6.42 Å². The number of aliphatic hydroxyl groups is 1. The molecule has 4 unspecified atom stereocenters. The Bertz CT molecular complexity index is 728. The predicted octanol–water partition coefficient (Wildman–Crippen LogP) is 0.306. The molecule has 1 aromatic rings. The number of ether oxygens (including phenoxy) is 3. The smallest absolute Gasteiger partial charge is 0.310 e. The number of hydrogen-bond acceptors (Lipinski definition) is 7. The Hall–Kier alpha value is -2.56. The SMILES string of the molecule is CO[C@@H]1C(CF)OC(O)C(NC(C)=O)C1OC(=O)Cc1ccc(NC(C)=O)cc1. The molecule has 9 nitrogen and oxygen atoms in total. The van der Waals surface area contributed by atoms with Gasteiger partial charge in [-0.25, -0.2) is 4.39 Å². The minimum absolute atomic E-state index is 0.114. The van der Waals surface area contributed by atoms with Crippen molar-refractivity contribution < 1.29 is 38.1 Å². The molecule has 1 aliphatic rings. The zero-order valence-electron chi connectivity index (χ0n) is 16.4. The lowest BCUT2D eigenvalue weighted by molar-refractivity contribution is -0.259. The van der Waals surface area contributed by atoms with Crippen molar-refractivity contribution in [2.75, 3.05) is 19.1 Å². The molecule has 2 amide bonds. The number of alkyl halides is 1. The van der Waals surface area contributed by atoms with Gasteiger partial charge in [0, 0.05) is 26.6 Å². The Morgan fingerprint density at radius 2 is 1.79 bits per heavy atom. The Balaban J connectivity index is 2.12. The van der Waals surface area contributed by atoms with Crippen LogP contribution in [0.2, 0.25) is 0 Å². The first-order chi connectivity index (χ1) is 13.7. The molecule has 0 aliphatic carbocycles. The van der Waals surface area contributed by atoms with Crippen LogP contribution in [0.5, 0.6) is 0 Å². The first kappa shape index (κ1) is 22.7. The summed E-state index contributed by atoms with van der Waals surface area (Å²) in [6, 6.07) is 5.45. The van der Waals surface area contributed by atoms with Crippen molar-refractivity contribution in [1.82, 2.24) is 5.32 Å². The maximum atomic E-state index is 13.3. The van der Waals surface area contributed by atoms with Gasteiger partial charge in [0.25, 0.3) is 0 Å². The minimum atomic E-state index is -1.57. The van der Waals surface area contributed by atoms with Crippen LogP contribution in [0.1, 0.15) is 19.4 Å². The molecular weight excluding hydrogens is 387 g/mol. The number of carbonyl (C=O) groups excluding carboxylic acids is 3. The van der Waals surface area contributed by atoms with E-state index in [1.54, 1.807) is 24.3 Å². The number of aliphatic hydroxyl groups excluding tert-OH is 1. The van der Waals surface area contributed by atoms with E-state index in [4.69, 9.17) is 14.2 Å². The fourth-order valence-electron chi connectivity index (χ4n) is 3.13. The number of amides is 2. The molecule has 1 fully saturated rings. The van der Waals surface area contributed by atoms with Crippen LogP contribution in [0.25, 0.3) is 0 Å². The van der Waals surface area contributed by atoms with Crippen LogP contribution in [0, 0.1) is 0 Å². The molecule has 3 N–H and O–H groups in total. The third-order valence-corrected chi connectivity index (χ3v) is 4.35. The zero-order chi connectivity index (χ0) is 21.6. The largest absolute Gasteiger partial charge is 0.457 e. The predicted molar refractivity (Wildman–Crippen MR) is 99.6 cm³/mol. The highest BCUT2D eigenvalue weighted by Gasteiger charge is 2.48. The van der Waals surface area contributed by atoms with Crippen molar-refractivity contribution in [1.29, 1.82) is 0 Å². The normalized spacial score (nSPS) is 26.4. The van der Waals surface area contributed by atoms with Gasteiger partial charge in [-0.1, -0.05) is 12.1 Å². The Morgan fingerprint density at radius 3 is 2.31 bits per heavy atom. The summed E-state index contributed by atoms with van der Waals surface area (Å²) < 4.78 is 29.1. The Morgan fingerprint density at radius 1 is 1.14 bits per heavy atom. The summed E-state index contributed by atoms with van der Waals surface area (Å²) in [7, 11) is 1.29. The summed E-state index contributed by atoms with van der Waals surface area (Å²) in [4.78, 5) is 35.0. The van der Waals surface area contributed by atoms with Crippen LogP contribution < -0.4 is 10.6 Å². The summed E-state index contributed by atoms with van der Waals surface area (Å²) in [6.07, 6.45) is -5.02. The third kappa shape index (κ3) is 6.21. The quantitative estimate of drug-likeness (QED) is 0.551. The van der Waals surface area contributed by atoms with E-state index in [0.717, 1.165) is 0 Å². The number of methoxy groups -OCH3 is 1. The van der Waals surface area contributed by atoms with Gasteiger partial charge in [-0.2, -0.15) is 0 Å². The molecule has 0 bridgehead atoms. The standard InChI is InChI=1S/C19H25FN2O7/c1-10(23)21-13-6-4-12(5-7-13)8-15(25)29-18-16(22-11(2)24)19(26)28-14(9-20)17(18)27-3/h4-7,14,16-19,26H,8-9H2,1-3H3,(H,21,23)(H,22,24)/t14?,16?,17-,18?,19?/m1/s1. The first-order valence-corrected chi connectivity index (χ1v) is 9.00. The van der Waals surface area contributed by atoms with Gasteiger partial charge < -0.3 is 30.0 Å². The molecule has 0 radical (unpaired) electrons. The van der Waals surface area contributed by atoms with E-state index in [9.17, 15) is 23.9 Å². The third-order valence-electron chi connectivity index (χ3n) is 4.35. The lowest BCUT2D eigenvalue weighted by Crippen LogP contribution is -2.65. The van der Waals surface area contributed by atoms with Crippen molar-refractivity contribution >= 4 is 23.5 Å². The van der Waals surface area contributed by atoms with Crippen LogP contribution in [-0.2, 0) is 35.0 Å². The van der Waals surface area contributed by atoms with Gasteiger partial charge in [0.2, 0.25) is 11.8 Å². The zero-order valence-corrected chi connectivity index (χ0v) is 16.4. The average molecular weight is 412 g/mol. The summed E-state index contributed by atoms with van der Waals surface area (Å²) >= 11 is 0. The molecular formula is C19H25FN2O7. The van der Waals surface area contributed by atoms with Crippen molar-refractivity contribution in [2.45, 2.75) is 50.9 Å². The van der Waals surface area contributed by atoms with Crippen LogP contribution in [-0.4, -0.2) is 67.3 Å². The highest BCUT2D eigenvalue weighted by atomic mass is 19.1. The highest BCUT2D eigenvalue weighted by Crippen LogP contribution is 2.25. The van der Waals surface area contributed by atoms with Crippen molar-refractivity contribution in [2.24, 2.45) is 0 Å². The van der Waals surface area contributed by atoms with E-state index in [0.29, 0.717) is 11.3 Å². The fourth-order valence-corrected chi connectivity index (χ4v) is 3.13. The molecule has 160 valence electrons. The van der Waals surface area contributed by atoms with Crippen molar-refractivity contribution in [3.8, 4) is 0 Å². The Kier molecular flexibility index (Phi) is 8.06. The number of anilines is 1. The molecule has 1 heterocycles. The van der Waals surface area contributed by atoms with Gasteiger partial charge in [-0.15, -0.1) is 0 Å². The molecule has 1 aromatic carbocycles. The first-order valence-electron chi connectivity index (χ1n) is 9.00. The highest BCUT2D eigenvalue weighted by molar-refractivity contribution is 5.88. The number of carbonyl (C=O) groups is 3. The summed E-state index contributed by atoms with van der Waals surface area (Å²) in [5.74, 6) is -1.36. The molecule has 0 spiro atoms. The average Bonchev–Trinajstić information content (AvgIpc) is 2.65. The second-order valence-corrected chi connectivity index (χ2v) is 6.66. The van der Waals surface area contributed by atoms with Gasteiger partial charge >= 0.3 is 5.97 Å². The van der Waals surface area contributed by atoms with Crippen LogP contribution in [0.4, 0.5) is 10.1 Å². The molecule has 29 heavy (non-hydrogen) atoms. The Labute approximate surface area is 167 Å². The number of hydrogen-bond donors (Lipinski definition) is 3. The van der Waals surface area contributed by atoms with Crippen LogP contribution in [0.15, 0.2) is 24.3 Å². The van der Waals surface area contributed by atoms with E-state index < -0.39 is 49.2 Å². The van der Waals surface area contributed by atoms with E-state index in [2.05, 4.69) is 10.6 Å². The maximum absolute atomic E-state index is 13.3. The second kappa shape index (κ2) is 10.3. The molecule has 0 saturated carbocycles. The van der Waals surface area contributed by atoms with E-state index >= 15 is 0 Å². The number of rotatable bonds is 7. The molecule has 1 saturated heterocycles. The lowest BCUT2D eigenvalue weighted by atomic mass is 9.96. The fraction of sp³-hybridized carbons (Fsp3) is 0.526. The van der Waals surface area contributed by atoms with E-state index in [1.165, 1.54) is 21.0 Å². The topological polar surface area (TPSA) is 123 Å². The van der Waals surface area contributed by atoms with Crippen LogP contribution >= 0.6 is 0 Å². The molecule has 1 aliphatic heterocycles. The number of benzene rings is 1. The van der Waals surface area contributed by atoms with E-state index in [-0.39, 0.29) is 12.3 Å². The van der Waals surface area contributed by atoms with Crippen molar-refractivity contribution in [3.05, 3.63) is 29.8 Å². The molecule has 10 heteroatoms. The van der Waals surface area contributed by atoms with E-state index in [1.807, 2.05) is 0 Å². The maximum Gasteiger partial charge on any atom is 0.310 e. The van der Waals surface area contributed by atoms with Gasteiger partial charge in [0.15, 0.2) is 12.4 Å². The second-order valence-electron chi connectivity index (χ2n) is 6.66. The minimum Gasteiger partial charge on any atom is -0.457 e. The number of nitrogens with one attached hydrogen (secondary N) is 2. The van der Waals surface area contributed by atoms with Crippen LogP contribution in [0.3, 0.4) is 0 Å². The van der Waals surface area contributed by atoms with Gasteiger partial charge in [-0.05, 0) is 17.7 Å². The lowest BCUT2D eigenvalue weighted by Gasteiger charge is -2.43. The number of esters is 1. The summed E-state index contributed by atoms with van der Waals surface area (Å²) in [6.45, 7) is 1.64. The summed E-state index contributed by atoms with van der Waals surface area (Å²) in [5, 5.41) is 15.2. The molecule has 2 rings (SSSR count). The monoisotopic (exact) mass is 412 g/mol. The molecule has 0 aromatic heterocycles.